The third kappa shape index (κ3) is 4.75. The molecule has 0 unspecified atom stereocenters. The molecule has 1 saturated carbocycles. The van der Waals surface area contributed by atoms with Crippen LogP contribution in [0.5, 0.6) is 11.6 Å². The average molecular weight is 673 g/mol. The number of aldehydes is 1. The minimum absolute atomic E-state index is 0.00225. The maximum atomic E-state index is 15.8. The molecule has 0 saturated heterocycles. The van der Waals surface area contributed by atoms with Gasteiger partial charge >= 0.3 is 0 Å². The number of rotatable bonds is 8. The molecule has 1 fully saturated rings. The van der Waals surface area contributed by atoms with Crippen molar-refractivity contribution in [2.24, 2.45) is 11.8 Å². The molecular formula is C36H30ClFN2O8. The summed E-state index contributed by atoms with van der Waals surface area (Å²) in [6.45, 7) is -0.0810. The Bertz CT molecular complexity index is 1990. The van der Waals surface area contributed by atoms with E-state index in [1.807, 2.05) is 30.3 Å². The molecule has 3 aliphatic carbocycles. The van der Waals surface area contributed by atoms with Gasteiger partial charge in [-0.2, -0.15) is 0 Å². The van der Waals surface area contributed by atoms with E-state index in [-0.39, 0.29) is 71.3 Å². The number of carbonyl (C=O) groups is 3. The molecule has 4 atom stereocenters. The summed E-state index contributed by atoms with van der Waals surface area (Å²) in [5.41, 5.74) is -2.02. The van der Waals surface area contributed by atoms with Gasteiger partial charge in [0.15, 0.2) is 29.2 Å². The second-order valence-corrected chi connectivity index (χ2v) is 12.8. The monoisotopic (exact) mass is 672 g/mol. The van der Waals surface area contributed by atoms with Crippen molar-refractivity contribution in [3.63, 3.8) is 0 Å². The molecule has 12 heteroatoms. The Morgan fingerprint density at radius 1 is 1.02 bits per heavy atom. The van der Waals surface area contributed by atoms with E-state index in [2.05, 4.69) is 5.16 Å². The fourth-order valence-electron chi connectivity index (χ4n) is 7.29. The molecule has 0 spiro atoms. The first-order valence-corrected chi connectivity index (χ1v) is 15.7. The number of hydrogen-bond donors (Lipinski definition) is 2. The van der Waals surface area contributed by atoms with Gasteiger partial charge in [-0.3, -0.25) is 19.3 Å². The van der Waals surface area contributed by atoms with Crippen LogP contribution < -0.4 is 9.47 Å². The Morgan fingerprint density at radius 3 is 2.25 bits per heavy atom. The average Bonchev–Trinajstić information content (AvgIpc) is 3.50. The zero-order valence-electron chi connectivity index (χ0n) is 25.9. The predicted molar refractivity (Wildman–Crippen MR) is 170 cm³/mol. The van der Waals surface area contributed by atoms with Gasteiger partial charge < -0.3 is 24.2 Å². The lowest BCUT2D eigenvalue weighted by molar-refractivity contribution is -0.142. The van der Waals surface area contributed by atoms with Gasteiger partial charge in [-0.25, -0.2) is 4.39 Å². The Kier molecular flexibility index (Phi) is 7.93. The van der Waals surface area contributed by atoms with Crippen molar-refractivity contribution in [2.75, 3.05) is 14.1 Å². The summed E-state index contributed by atoms with van der Waals surface area (Å²) in [6, 6.07) is 17.2. The van der Waals surface area contributed by atoms with E-state index in [0.29, 0.717) is 5.56 Å². The van der Waals surface area contributed by atoms with Crippen LogP contribution in [0, 0.1) is 17.7 Å². The maximum Gasteiger partial charge on any atom is 0.265 e. The molecular weight excluding hydrogens is 643 g/mol. The number of aliphatic hydroxyl groups excluding tert-OH is 1. The fourth-order valence-corrected chi connectivity index (χ4v) is 7.59. The van der Waals surface area contributed by atoms with Crippen LogP contribution in [0.2, 0.25) is 5.02 Å². The number of aromatic nitrogens is 1. The Labute approximate surface area is 279 Å². The minimum atomic E-state index is -2.65. The van der Waals surface area contributed by atoms with Gasteiger partial charge in [0.25, 0.3) is 5.88 Å². The van der Waals surface area contributed by atoms with Crippen LogP contribution in [0.4, 0.5) is 4.39 Å². The standard InChI is InChI=1S/C36H30ClFN2O8/c1-40(2)29-23-14-20-13-21-25(31(28(38)22(15-41)27(21)37)46-16-18-9-5-3-6-10-18)30(42)24(20)33(43)36(23,45)34(44)26-32(29)48-39-35(26)47-17-19-11-7-4-8-12-19/h3-12,15,20,23,29,42,45H,13-14,16-17H2,1-2H3/t20-,23-,29-,36-/m0/s1. The molecule has 3 aliphatic rings. The smallest absolute Gasteiger partial charge is 0.265 e. The lowest BCUT2D eigenvalue weighted by Gasteiger charge is -2.49. The summed E-state index contributed by atoms with van der Waals surface area (Å²) in [6.07, 6.45) is 0.303. The minimum Gasteiger partial charge on any atom is -0.507 e. The summed E-state index contributed by atoms with van der Waals surface area (Å²) < 4.78 is 33.2. The lowest BCUT2D eigenvalue weighted by Crippen LogP contribution is -2.63. The second kappa shape index (κ2) is 12.0. The number of nitrogens with zero attached hydrogens (tertiary/aromatic N) is 2. The first-order chi connectivity index (χ1) is 23.1. The molecule has 1 heterocycles. The Morgan fingerprint density at radius 2 is 1.65 bits per heavy atom. The maximum absolute atomic E-state index is 15.8. The van der Waals surface area contributed by atoms with Crippen molar-refractivity contribution in [3.05, 3.63) is 116 Å². The molecule has 246 valence electrons. The van der Waals surface area contributed by atoms with Gasteiger partial charge in [0.1, 0.15) is 24.5 Å². The van der Waals surface area contributed by atoms with Crippen LogP contribution in [0.3, 0.4) is 0 Å². The molecule has 48 heavy (non-hydrogen) atoms. The van der Waals surface area contributed by atoms with E-state index in [1.165, 1.54) is 0 Å². The van der Waals surface area contributed by atoms with Gasteiger partial charge in [-0.15, -0.1) is 0 Å². The van der Waals surface area contributed by atoms with Crippen LogP contribution in [0.1, 0.15) is 61.2 Å². The van der Waals surface area contributed by atoms with Crippen LogP contribution in [0.25, 0.3) is 5.76 Å². The molecule has 0 radical (unpaired) electrons. The molecule has 0 bridgehead atoms. The highest BCUT2D eigenvalue weighted by molar-refractivity contribution is 6.34. The van der Waals surface area contributed by atoms with E-state index in [1.54, 1.807) is 49.3 Å². The Hall–Kier alpha value is -4.84. The normalized spacial score (nSPS) is 22.9. The SMILES string of the molecule is CN(C)[C@@H]1c2onc(OCc3ccccc3)c2C(=O)[C@@]2(O)C(=O)C3=C(O)c4c(c(Cl)c(C=O)c(F)c4OCc4ccccc4)C[C@H]3C[C@@H]12. The van der Waals surface area contributed by atoms with Crippen molar-refractivity contribution in [1.29, 1.82) is 0 Å². The summed E-state index contributed by atoms with van der Waals surface area (Å²) >= 11 is 6.57. The number of benzene rings is 3. The van der Waals surface area contributed by atoms with E-state index in [9.17, 15) is 24.6 Å². The largest absolute Gasteiger partial charge is 0.507 e. The van der Waals surface area contributed by atoms with Crippen LogP contribution >= 0.6 is 11.6 Å². The van der Waals surface area contributed by atoms with Crippen molar-refractivity contribution in [3.8, 4) is 11.6 Å². The first-order valence-electron chi connectivity index (χ1n) is 15.3. The molecule has 1 aromatic heterocycles. The predicted octanol–water partition coefficient (Wildman–Crippen LogP) is 5.70. The zero-order chi connectivity index (χ0) is 33.9. The van der Waals surface area contributed by atoms with E-state index >= 15 is 4.39 Å². The summed E-state index contributed by atoms with van der Waals surface area (Å²) in [4.78, 5) is 42.5. The number of ether oxygens (including phenoxy) is 2. The summed E-state index contributed by atoms with van der Waals surface area (Å²) in [7, 11) is 3.43. The Balaban J connectivity index is 1.34. The second-order valence-electron chi connectivity index (χ2n) is 12.5. The number of carbonyl (C=O) groups excluding carboxylic acids is 3. The topological polar surface area (TPSA) is 139 Å². The van der Waals surface area contributed by atoms with Crippen molar-refractivity contribution in [1.82, 2.24) is 10.1 Å². The van der Waals surface area contributed by atoms with Gasteiger partial charge in [0.05, 0.1) is 22.2 Å². The van der Waals surface area contributed by atoms with Gasteiger partial charge in [-0.1, -0.05) is 72.3 Å². The number of aliphatic hydroxyl groups is 2. The molecule has 4 aromatic rings. The molecule has 7 rings (SSSR count). The lowest BCUT2D eigenvalue weighted by atomic mass is 9.57. The number of Topliss-reactive ketones (excluding diaryl/α,β-unsaturated/α-hetero) is 2. The molecule has 2 N–H and O–H groups in total. The van der Waals surface area contributed by atoms with E-state index in [4.69, 9.17) is 25.6 Å². The summed E-state index contributed by atoms with van der Waals surface area (Å²) in [5.74, 6) is -6.07. The zero-order valence-corrected chi connectivity index (χ0v) is 26.7. The van der Waals surface area contributed by atoms with Gasteiger partial charge in [-0.05, 0) is 54.7 Å². The highest BCUT2D eigenvalue weighted by Gasteiger charge is 2.65. The van der Waals surface area contributed by atoms with Gasteiger partial charge in [0.2, 0.25) is 11.6 Å². The molecule has 0 amide bonds. The number of halogens is 2. The third-order valence-electron chi connectivity index (χ3n) is 9.51. The van der Waals surface area contributed by atoms with Crippen molar-refractivity contribution < 1.29 is 43.0 Å². The number of ketones is 2. The van der Waals surface area contributed by atoms with Gasteiger partial charge in [0, 0.05) is 11.5 Å². The molecule has 3 aromatic carbocycles. The third-order valence-corrected chi connectivity index (χ3v) is 9.94. The highest BCUT2D eigenvalue weighted by Crippen LogP contribution is 2.57. The van der Waals surface area contributed by atoms with Crippen LogP contribution in [0.15, 0.2) is 70.8 Å². The van der Waals surface area contributed by atoms with Crippen LogP contribution in [-0.4, -0.2) is 57.8 Å². The number of hydrogen-bond acceptors (Lipinski definition) is 10. The fraction of sp³-hybridized carbons (Fsp3) is 0.278. The molecule has 0 aliphatic heterocycles. The van der Waals surface area contributed by atoms with Crippen molar-refractivity contribution >= 4 is 35.2 Å². The summed E-state index contributed by atoms with van der Waals surface area (Å²) in [5, 5.41) is 27.8. The number of fused-ring (bicyclic) bond motifs is 4. The van der Waals surface area contributed by atoms with E-state index in [0.717, 1.165) is 5.56 Å². The molecule has 10 nitrogen and oxygen atoms in total. The van der Waals surface area contributed by atoms with E-state index < -0.39 is 57.9 Å². The first kappa shape index (κ1) is 31.7. The van der Waals surface area contributed by atoms with Crippen LogP contribution in [-0.2, 0) is 24.4 Å². The highest BCUT2D eigenvalue weighted by atomic mass is 35.5. The van der Waals surface area contributed by atoms with Crippen molar-refractivity contribution in [2.45, 2.75) is 37.7 Å². The quantitative estimate of drug-likeness (QED) is 0.177.